The lowest BCUT2D eigenvalue weighted by Crippen LogP contribution is -2.09. The van der Waals surface area contributed by atoms with Crippen LogP contribution in [0.4, 0.5) is 40.1 Å². The van der Waals surface area contributed by atoms with E-state index in [1.807, 2.05) is 0 Å². The Hall–Kier alpha value is -3.98. The van der Waals surface area contributed by atoms with Crippen molar-refractivity contribution in [1.29, 1.82) is 0 Å². The number of nitro groups is 1. The van der Waals surface area contributed by atoms with Crippen LogP contribution in [-0.2, 0) is 0 Å². The lowest BCUT2D eigenvalue weighted by Gasteiger charge is -2.11. The van der Waals surface area contributed by atoms with Crippen LogP contribution in [0.5, 0.6) is 5.75 Å². The van der Waals surface area contributed by atoms with Gasteiger partial charge in [-0.25, -0.2) is 9.83 Å². The molecule has 26 heavy (non-hydrogen) atoms. The van der Waals surface area contributed by atoms with Crippen molar-refractivity contribution in [2.45, 2.75) is 0 Å². The number of pyridine rings is 1. The average Bonchev–Trinajstić information content (AvgIpc) is 2.60. The largest absolute Gasteiger partial charge is 0.506 e. The molecule has 0 bridgehead atoms. The molecule has 2 rings (SSSR count). The number of aliphatic hydroxyl groups is 1. The number of phenolic OH excluding ortho intramolecular Hbond substituents is 1. The molecule has 0 fully saturated rings. The maximum absolute atomic E-state index is 10.8. The van der Waals surface area contributed by atoms with Crippen LogP contribution < -0.4 is 16.8 Å². The van der Waals surface area contributed by atoms with Crippen molar-refractivity contribution in [1.82, 2.24) is 4.98 Å². The number of nitrogen functional groups attached to an aromatic ring is 2. The Labute approximate surface area is 146 Å². The number of nitrogens with one attached hydrogen (secondary N) is 1. The summed E-state index contributed by atoms with van der Waals surface area (Å²) in [6.07, 6.45) is 0. The third-order valence-electron chi connectivity index (χ3n) is 3.15. The second kappa shape index (κ2) is 7.73. The van der Waals surface area contributed by atoms with Gasteiger partial charge < -0.3 is 27.0 Å². The Kier molecular flexibility index (Phi) is 5.46. The first kappa shape index (κ1) is 18.4. The van der Waals surface area contributed by atoms with E-state index in [0.29, 0.717) is 0 Å². The van der Waals surface area contributed by atoms with E-state index >= 15 is 0 Å². The molecule has 2 aromatic rings. The minimum absolute atomic E-state index is 0.0649. The van der Waals surface area contributed by atoms with Crippen LogP contribution in [-0.4, -0.2) is 33.3 Å². The fourth-order valence-corrected chi connectivity index (χ4v) is 1.93. The zero-order valence-electron chi connectivity index (χ0n) is 13.2. The fourth-order valence-electron chi connectivity index (χ4n) is 1.93. The van der Waals surface area contributed by atoms with Crippen LogP contribution in [0.3, 0.4) is 0 Å². The second-order valence-corrected chi connectivity index (χ2v) is 4.85. The van der Waals surface area contributed by atoms with Gasteiger partial charge in [-0.15, -0.1) is 10.2 Å². The summed E-state index contributed by atoms with van der Waals surface area (Å²) in [4.78, 5) is 17.4. The first-order chi connectivity index (χ1) is 12.4. The van der Waals surface area contributed by atoms with Crippen molar-refractivity contribution in [3.05, 3.63) is 39.7 Å². The molecule has 0 aliphatic rings. The van der Waals surface area contributed by atoms with Crippen molar-refractivity contribution >= 4 is 40.1 Å². The van der Waals surface area contributed by atoms with E-state index in [2.05, 4.69) is 25.4 Å². The van der Waals surface area contributed by atoms with Gasteiger partial charge in [0.25, 0.3) is 11.4 Å². The summed E-state index contributed by atoms with van der Waals surface area (Å²) in [5, 5.41) is 39.6. The molecule has 0 saturated heterocycles. The Bertz CT molecular complexity index is 922. The van der Waals surface area contributed by atoms with E-state index in [9.17, 15) is 15.2 Å². The number of phenols is 1. The van der Waals surface area contributed by atoms with E-state index < -0.39 is 4.92 Å². The van der Waals surface area contributed by atoms with Crippen molar-refractivity contribution in [2.75, 3.05) is 29.9 Å². The monoisotopic (exact) mass is 358 g/mol. The number of anilines is 3. The lowest BCUT2D eigenvalue weighted by atomic mass is 10.2. The van der Waals surface area contributed by atoms with E-state index in [-0.39, 0.29) is 59.0 Å². The SMILES string of the molecule is [C-]#[N+]c1c(NCCO)nc(N)c(N=Nc2cc([N+](=O)[O-])ccc2O)c1N. The van der Waals surface area contributed by atoms with Gasteiger partial charge in [0.05, 0.1) is 23.8 Å². The normalized spacial score (nSPS) is 10.6. The molecule has 134 valence electrons. The third-order valence-corrected chi connectivity index (χ3v) is 3.15. The van der Waals surface area contributed by atoms with Crippen molar-refractivity contribution in [2.24, 2.45) is 10.2 Å². The number of aromatic hydroxyl groups is 1. The Morgan fingerprint density at radius 1 is 1.38 bits per heavy atom. The van der Waals surface area contributed by atoms with Crippen LogP contribution in [0.1, 0.15) is 0 Å². The van der Waals surface area contributed by atoms with Gasteiger partial charge in [0.15, 0.2) is 5.82 Å². The van der Waals surface area contributed by atoms with Gasteiger partial charge in [-0.05, 0) is 6.07 Å². The molecule has 0 amide bonds. The summed E-state index contributed by atoms with van der Waals surface area (Å²) in [6.45, 7) is 7.16. The van der Waals surface area contributed by atoms with Crippen LogP contribution in [0.2, 0.25) is 0 Å². The third kappa shape index (κ3) is 3.74. The number of hydrogen-bond acceptors (Lipinski definition) is 10. The van der Waals surface area contributed by atoms with Crippen LogP contribution in [0, 0.1) is 16.7 Å². The first-order valence-corrected chi connectivity index (χ1v) is 7.09. The van der Waals surface area contributed by atoms with Gasteiger partial charge in [0, 0.05) is 18.7 Å². The van der Waals surface area contributed by atoms with Gasteiger partial charge in [0.1, 0.15) is 22.9 Å². The van der Waals surface area contributed by atoms with Crippen LogP contribution >= 0.6 is 0 Å². The fraction of sp³-hybridized carbons (Fsp3) is 0.143. The zero-order valence-corrected chi connectivity index (χ0v) is 13.2. The van der Waals surface area contributed by atoms with Gasteiger partial charge in [-0.1, -0.05) is 0 Å². The number of hydrogen-bond donors (Lipinski definition) is 5. The minimum atomic E-state index is -0.651. The quantitative estimate of drug-likeness (QED) is 0.225. The maximum atomic E-state index is 10.8. The van der Waals surface area contributed by atoms with E-state index in [0.717, 1.165) is 18.2 Å². The van der Waals surface area contributed by atoms with Gasteiger partial charge >= 0.3 is 0 Å². The number of aromatic nitrogens is 1. The molecule has 7 N–H and O–H groups in total. The van der Waals surface area contributed by atoms with Crippen LogP contribution in [0.15, 0.2) is 28.4 Å². The number of aliphatic hydroxyl groups excluding tert-OH is 1. The summed E-state index contributed by atoms with van der Waals surface area (Å²) >= 11 is 0. The predicted molar refractivity (Wildman–Crippen MR) is 93.8 cm³/mol. The molecule has 1 aromatic heterocycles. The highest BCUT2D eigenvalue weighted by molar-refractivity contribution is 5.91. The smallest absolute Gasteiger partial charge is 0.271 e. The average molecular weight is 358 g/mol. The van der Waals surface area contributed by atoms with Gasteiger partial charge in [-0.2, -0.15) is 0 Å². The number of non-ortho nitro benzene ring substituents is 1. The molecule has 1 aromatic carbocycles. The number of nitrogens with zero attached hydrogens (tertiary/aromatic N) is 5. The predicted octanol–water partition coefficient (Wildman–Crippen LogP) is 2.23. The molecule has 0 unspecified atom stereocenters. The van der Waals surface area contributed by atoms with Gasteiger partial charge in [0.2, 0.25) is 0 Å². The summed E-state index contributed by atoms with van der Waals surface area (Å²) in [5.74, 6) is -0.402. The molecule has 0 radical (unpaired) electrons. The van der Waals surface area contributed by atoms with E-state index in [1.54, 1.807) is 0 Å². The Morgan fingerprint density at radius 3 is 2.73 bits per heavy atom. The molecular formula is C14H14N8O4. The first-order valence-electron chi connectivity index (χ1n) is 7.09. The molecule has 0 aliphatic heterocycles. The van der Waals surface area contributed by atoms with Crippen molar-refractivity contribution < 1.29 is 15.1 Å². The highest BCUT2D eigenvalue weighted by Gasteiger charge is 2.17. The topological polar surface area (TPSA) is 190 Å². The highest BCUT2D eigenvalue weighted by atomic mass is 16.6. The molecule has 12 heteroatoms. The maximum Gasteiger partial charge on any atom is 0.271 e. The summed E-state index contributed by atoms with van der Waals surface area (Å²) in [5.41, 5.74) is 10.9. The van der Waals surface area contributed by atoms with Crippen LogP contribution in [0.25, 0.3) is 4.85 Å². The number of rotatable bonds is 6. The Morgan fingerprint density at radius 2 is 2.12 bits per heavy atom. The number of nitrogens with two attached hydrogens (primary N) is 2. The molecular weight excluding hydrogens is 344 g/mol. The molecule has 1 heterocycles. The number of azo groups is 1. The summed E-state index contributed by atoms with van der Waals surface area (Å²) < 4.78 is 0. The Balaban J connectivity index is 2.47. The molecule has 0 atom stereocenters. The number of nitro benzene ring substituents is 1. The molecule has 0 spiro atoms. The van der Waals surface area contributed by atoms with Gasteiger partial charge in [-0.3, -0.25) is 10.1 Å². The highest BCUT2D eigenvalue weighted by Crippen LogP contribution is 2.42. The second-order valence-electron chi connectivity index (χ2n) is 4.85. The summed E-state index contributed by atoms with van der Waals surface area (Å²) in [6, 6.07) is 3.23. The van der Waals surface area contributed by atoms with Crippen molar-refractivity contribution in [3.8, 4) is 5.75 Å². The lowest BCUT2D eigenvalue weighted by molar-refractivity contribution is -0.384. The molecule has 12 nitrogen and oxygen atoms in total. The van der Waals surface area contributed by atoms with E-state index in [4.69, 9.17) is 23.1 Å². The van der Waals surface area contributed by atoms with Crippen molar-refractivity contribution in [3.63, 3.8) is 0 Å². The number of benzene rings is 1. The standard InChI is InChI=1S/C14H14N8O4/c1-17-12-10(15)11(13(16)19-14(12)18-4-5-23)21-20-8-6-7(22(25)26)2-3-9(8)24/h2-3,6,23-24H,4-5H2,(H5,15,16,18,19). The summed E-state index contributed by atoms with van der Waals surface area (Å²) in [7, 11) is 0. The zero-order chi connectivity index (χ0) is 19.3. The molecule has 0 aliphatic carbocycles. The van der Waals surface area contributed by atoms with E-state index in [1.165, 1.54) is 0 Å². The minimum Gasteiger partial charge on any atom is -0.506 e. The molecule has 0 saturated carbocycles.